The molecule has 0 aliphatic carbocycles. The second-order valence-corrected chi connectivity index (χ2v) is 7.99. The summed E-state index contributed by atoms with van der Waals surface area (Å²) in [7, 11) is -1.55. The van der Waals surface area contributed by atoms with Crippen LogP contribution in [0.3, 0.4) is 0 Å². The summed E-state index contributed by atoms with van der Waals surface area (Å²) < 4.78 is 31.1. The summed E-state index contributed by atoms with van der Waals surface area (Å²) in [6, 6.07) is 7.45. The van der Waals surface area contributed by atoms with Gasteiger partial charge in [-0.2, -0.15) is 4.31 Å². The molecule has 1 saturated heterocycles. The summed E-state index contributed by atoms with van der Waals surface area (Å²) in [4.78, 5) is 1.03. The fourth-order valence-corrected chi connectivity index (χ4v) is 4.88. The fourth-order valence-electron chi connectivity index (χ4n) is 2.10. The molecule has 20 heavy (non-hydrogen) atoms. The summed E-state index contributed by atoms with van der Waals surface area (Å²) in [6.45, 7) is 1.04. The minimum absolute atomic E-state index is 0.0366. The molecule has 0 bridgehead atoms. The zero-order valence-corrected chi connectivity index (χ0v) is 13.1. The SMILES string of the molecule is COC1CCN(S(=O)(=O)CCSc2ccc(N)cc2)C1. The van der Waals surface area contributed by atoms with Gasteiger partial charge in [-0.1, -0.05) is 0 Å². The number of hydrogen-bond donors (Lipinski definition) is 1. The Bertz CT molecular complexity index is 531. The second kappa shape index (κ2) is 6.80. The van der Waals surface area contributed by atoms with Gasteiger partial charge in [-0.25, -0.2) is 8.42 Å². The van der Waals surface area contributed by atoms with Crippen LogP contribution in [-0.2, 0) is 14.8 Å². The Balaban J connectivity index is 1.82. The molecule has 1 fully saturated rings. The van der Waals surface area contributed by atoms with Crippen molar-refractivity contribution in [2.24, 2.45) is 0 Å². The molecule has 112 valence electrons. The number of nitrogen functional groups attached to an aromatic ring is 1. The number of ether oxygens (including phenoxy) is 1. The molecule has 1 aromatic rings. The number of nitrogens with two attached hydrogens (primary N) is 1. The van der Waals surface area contributed by atoms with Gasteiger partial charge in [0.25, 0.3) is 0 Å². The topological polar surface area (TPSA) is 72.6 Å². The second-order valence-electron chi connectivity index (χ2n) is 4.74. The molecule has 0 amide bonds. The van der Waals surface area contributed by atoms with Gasteiger partial charge in [0.15, 0.2) is 0 Å². The number of thioether (sulfide) groups is 1. The third-order valence-electron chi connectivity index (χ3n) is 3.32. The molecule has 0 spiro atoms. The maximum Gasteiger partial charge on any atom is 0.215 e. The maximum absolute atomic E-state index is 12.2. The lowest BCUT2D eigenvalue weighted by atomic mass is 10.3. The zero-order valence-electron chi connectivity index (χ0n) is 11.5. The minimum atomic E-state index is -3.17. The normalized spacial score (nSPS) is 20.4. The van der Waals surface area contributed by atoms with Crippen molar-refractivity contribution in [3.8, 4) is 0 Å². The summed E-state index contributed by atoms with van der Waals surface area (Å²) in [5.74, 6) is 0.693. The summed E-state index contributed by atoms with van der Waals surface area (Å²) in [5.41, 5.74) is 6.32. The molecule has 1 aliphatic rings. The number of anilines is 1. The Hall–Kier alpha value is -0.760. The standard InChI is InChI=1S/C13H20N2O3S2/c1-18-12-6-7-15(10-12)20(16,17)9-8-19-13-4-2-11(14)3-5-13/h2-5,12H,6-10,14H2,1H3. The van der Waals surface area contributed by atoms with E-state index in [0.29, 0.717) is 24.5 Å². The highest BCUT2D eigenvalue weighted by molar-refractivity contribution is 8.00. The summed E-state index contributed by atoms with van der Waals surface area (Å²) >= 11 is 1.53. The van der Waals surface area contributed by atoms with Crippen molar-refractivity contribution >= 4 is 27.5 Å². The average molecular weight is 316 g/mol. The Morgan fingerprint density at radius 3 is 2.70 bits per heavy atom. The predicted molar refractivity (Wildman–Crippen MR) is 82.4 cm³/mol. The number of rotatable bonds is 6. The molecule has 1 aliphatic heterocycles. The first-order valence-electron chi connectivity index (χ1n) is 6.50. The van der Waals surface area contributed by atoms with E-state index in [4.69, 9.17) is 10.5 Å². The van der Waals surface area contributed by atoms with Crippen LogP contribution in [0.1, 0.15) is 6.42 Å². The van der Waals surface area contributed by atoms with E-state index in [2.05, 4.69) is 0 Å². The van der Waals surface area contributed by atoms with Crippen molar-refractivity contribution < 1.29 is 13.2 Å². The highest BCUT2D eigenvalue weighted by Gasteiger charge is 2.30. The molecular weight excluding hydrogens is 296 g/mol. The van der Waals surface area contributed by atoms with Gasteiger partial charge < -0.3 is 10.5 Å². The van der Waals surface area contributed by atoms with Gasteiger partial charge in [0, 0.05) is 36.5 Å². The van der Waals surface area contributed by atoms with Crippen LogP contribution in [0, 0.1) is 0 Å². The molecule has 2 N–H and O–H groups in total. The van der Waals surface area contributed by atoms with Gasteiger partial charge in [0.1, 0.15) is 0 Å². The van der Waals surface area contributed by atoms with E-state index in [9.17, 15) is 8.42 Å². The molecule has 1 atom stereocenters. The fraction of sp³-hybridized carbons (Fsp3) is 0.538. The Morgan fingerprint density at radius 2 is 2.10 bits per heavy atom. The molecular formula is C13H20N2O3S2. The Labute approximate surface area is 124 Å². The van der Waals surface area contributed by atoms with Crippen LogP contribution in [-0.4, -0.2) is 50.5 Å². The van der Waals surface area contributed by atoms with Gasteiger partial charge in [0.2, 0.25) is 10.0 Å². The van der Waals surface area contributed by atoms with E-state index >= 15 is 0 Å². The van der Waals surface area contributed by atoms with Crippen molar-refractivity contribution in [3.63, 3.8) is 0 Å². The smallest absolute Gasteiger partial charge is 0.215 e. The van der Waals surface area contributed by atoms with E-state index in [1.54, 1.807) is 7.11 Å². The van der Waals surface area contributed by atoms with Crippen molar-refractivity contribution in [1.29, 1.82) is 0 Å². The van der Waals surface area contributed by atoms with Crippen molar-refractivity contribution in [2.75, 3.05) is 37.4 Å². The molecule has 1 heterocycles. The number of hydrogen-bond acceptors (Lipinski definition) is 5. The zero-order chi connectivity index (χ0) is 14.6. The lowest BCUT2D eigenvalue weighted by Crippen LogP contribution is -2.32. The van der Waals surface area contributed by atoms with Gasteiger partial charge in [0.05, 0.1) is 11.9 Å². The van der Waals surface area contributed by atoms with Crippen LogP contribution in [0.2, 0.25) is 0 Å². The molecule has 7 heteroatoms. The molecule has 1 aromatic carbocycles. The quantitative estimate of drug-likeness (QED) is 0.634. The maximum atomic E-state index is 12.2. The van der Waals surface area contributed by atoms with E-state index in [1.807, 2.05) is 24.3 Å². The number of benzene rings is 1. The number of methoxy groups -OCH3 is 1. The highest BCUT2D eigenvalue weighted by Crippen LogP contribution is 2.21. The van der Waals surface area contributed by atoms with E-state index < -0.39 is 10.0 Å². The van der Waals surface area contributed by atoms with Crippen LogP contribution >= 0.6 is 11.8 Å². The monoisotopic (exact) mass is 316 g/mol. The van der Waals surface area contributed by atoms with Gasteiger partial charge in [-0.05, 0) is 30.7 Å². The Kier molecular flexibility index (Phi) is 5.31. The van der Waals surface area contributed by atoms with E-state index in [0.717, 1.165) is 11.3 Å². The minimum Gasteiger partial charge on any atom is -0.399 e. The number of nitrogens with zero attached hydrogens (tertiary/aromatic N) is 1. The third-order valence-corrected chi connectivity index (χ3v) is 6.44. The number of sulfonamides is 1. The summed E-state index contributed by atoms with van der Waals surface area (Å²) in [5, 5.41) is 0. The largest absolute Gasteiger partial charge is 0.399 e. The lowest BCUT2D eigenvalue weighted by Gasteiger charge is -2.16. The van der Waals surface area contributed by atoms with Crippen LogP contribution in [0.5, 0.6) is 0 Å². The highest BCUT2D eigenvalue weighted by atomic mass is 32.2. The first-order chi connectivity index (χ1) is 9.51. The van der Waals surface area contributed by atoms with Crippen LogP contribution in [0.25, 0.3) is 0 Å². The molecule has 1 unspecified atom stereocenters. The van der Waals surface area contributed by atoms with Gasteiger partial charge in [-0.3, -0.25) is 0 Å². The van der Waals surface area contributed by atoms with Crippen LogP contribution in [0.4, 0.5) is 5.69 Å². The van der Waals surface area contributed by atoms with Crippen molar-refractivity contribution in [2.45, 2.75) is 17.4 Å². The van der Waals surface area contributed by atoms with Crippen molar-refractivity contribution in [3.05, 3.63) is 24.3 Å². The van der Waals surface area contributed by atoms with E-state index in [-0.39, 0.29) is 11.9 Å². The average Bonchev–Trinajstić information content (AvgIpc) is 2.90. The van der Waals surface area contributed by atoms with Crippen molar-refractivity contribution in [1.82, 2.24) is 4.31 Å². The van der Waals surface area contributed by atoms with E-state index in [1.165, 1.54) is 16.1 Å². The molecule has 0 radical (unpaired) electrons. The predicted octanol–water partition coefficient (Wildman–Crippen LogP) is 1.41. The van der Waals surface area contributed by atoms with Gasteiger partial charge >= 0.3 is 0 Å². The van der Waals surface area contributed by atoms with Crippen LogP contribution in [0.15, 0.2) is 29.2 Å². The van der Waals surface area contributed by atoms with Crippen LogP contribution < -0.4 is 5.73 Å². The summed E-state index contributed by atoms with van der Waals surface area (Å²) in [6.07, 6.45) is 0.815. The molecule has 5 nitrogen and oxygen atoms in total. The first kappa shape index (κ1) is 15.6. The molecule has 0 saturated carbocycles. The first-order valence-corrected chi connectivity index (χ1v) is 9.10. The Morgan fingerprint density at radius 1 is 1.40 bits per heavy atom. The third kappa shape index (κ3) is 4.12. The molecule has 0 aromatic heterocycles. The van der Waals surface area contributed by atoms with Gasteiger partial charge in [-0.15, -0.1) is 11.8 Å². The molecule has 2 rings (SSSR count). The lowest BCUT2D eigenvalue weighted by molar-refractivity contribution is 0.115.